The second kappa shape index (κ2) is 1.94. The maximum absolute atomic E-state index is 9.59. The minimum atomic E-state index is -0.245. The van der Waals surface area contributed by atoms with E-state index in [1.165, 1.54) is 0 Å². The average Bonchev–Trinajstić information content (AvgIpc) is 1.38. The molecular weight excluding hydrogens is 64.0 g/mol. The highest BCUT2D eigenvalue weighted by Gasteiger charge is 1.77. The van der Waals surface area contributed by atoms with Gasteiger partial charge in [-0.1, -0.05) is 6.92 Å². The summed E-state index contributed by atoms with van der Waals surface area (Å²) >= 11 is 0. The molecule has 0 bridgehead atoms. The molecule has 0 rings (SSSR count). The number of carbonyl (C=O) groups is 1. The molecule has 0 atom stereocenters. The van der Waals surface area contributed by atoms with E-state index in [1.54, 1.807) is 6.92 Å². The van der Waals surface area contributed by atoms with E-state index in [2.05, 4.69) is 6.92 Å². The lowest BCUT2D eigenvalue weighted by atomic mass is 10.4. The van der Waals surface area contributed by atoms with Crippen LogP contribution in [0, 0.1) is 6.92 Å². The quantitative estimate of drug-likeness (QED) is 0.443. The van der Waals surface area contributed by atoms with Gasteiger partial charge in [-0.3, -0.25) is 4.79 Å². The summed E-state index contributed by atoms with van der Waals surface area (Å²) in [5.41, 5.74) is 0. The van der Waals surface area contributed by atoms with Gasteiger partial charge in [-0.25, -0.2) is 0 Å². The highest BCUT2D eigenvalue weighted by atomic mass is 16.1. The van der Waals surface area contributed by atoms with Gasteiger partial charge in [-0.15, -0.1) is 0 Å². The van der Waals surface area contributed by atoms with Crippen LogP contribution in [0.25, 0.3) is 0 Å². The summed E-state index contributed by atoms with van der Waals surface area (Å²) in [5.74, 6) is -0.245. The minimum absolute atomic E-state index is 0.245. The first kappa shape index (κ1) is 4.67. The molecule has 0 aromatic rings. The van der Waals surface area contributed by atoms with Crippen molar-refractivity contribution >= 4 is 5.78 Å². The van der Waals surface area contributed by atoms with E-state index in [9.17, 15) is 4.79 Å². The molecule has 0 aliphatic carbocycles. The maximum Gasteiger partial charge on any atom is 0.137 e. The molecule has 0 unspecified atom stereocenters. The van der Waals surface area contributed by atoms with E-state index >= 15 is 0 Å². The van der Waals surface area contributed by atoms with Gasteiger partial charge in [-0.05, 0) is 0 Å². The van der Waals surface area contributed by atoms with Crippen LogP contribution < -0.4 is 0 Å². The normalized spacial score (nSPS) is 7.60. The predicted octanol–water partition coefficient (Wildman–Crippen LogP) is 0.677. The highest BCUT2D eigenvalue weighted by molar-refractivity contribution is 5.81. The van der Waals surface area contributed by atoms with Crippen molar-refractivity contribution in [2.24, 2.45) is 0 Å². The number of ketones is 1. The fourth-order valence-electron chi connectivity index (χ4n) is 0. The van der Waals surface area contributed by atoms with Crippen LogP contribution in [0.5, 0.6) is 0 Å². The highest BCUT2D eigenvalue weighted by Crippen LogP contribution is 1.70. The molecule has 0 amide bonds. The lowest BCUT2D eigenvalue weighted by Crippen LogP contribution is -1.81. The summed E-state index contributed by atoms with van der Waals surface area (Å²) in [4.78, 5) is 9.59. The number of rotatable bonds is 1. The Morgan fingerprint density at radius 3 is 2.20 bits per heavy atom. The zero-order valence-corrected chi connectivity index (χ0v) is 3.19. The van der Waals surface area contributed by atoms with E-state index in [4.69, 9.17) is 0 Å². The van der Waals surface area contributed by atoms with E-state index in [-0.39, 0.29) is 5.78 Å². The molecule has 0 saturated heterocycles. The Bertz CT molecular complexity index is 38.9. The molecule has 0 saturated carbocycles. The SMILES string of the molecule is [CH]C(=O)CC. The first-order valence-electron chi connectivity index (χ1n) is 1.55. The molecular formula is C4H6O. The van der Waals surface area contributed by atoms with Gasteiger partial charge >= 0.3 is 0 Å². The smallest absolute Gasteiger partial charge is 0.137 e. The van der Waals surface area contributed by atoms with Gasteiger partial charge in [0.1, 0.15) is 5.78 Å². The van der Waals surface area contributed by atoms with Crippen molar-refractivity contribution in [2.75, 3.05) is 0 Å². The molecule has 0 spiro atoms. The number of hydrogen-bond acceptors (Lipinski definition) is 1. The molecule has 2 radical (unpaired) electrons. The number of Topliss-reactive ketones (excluding diaryl/α,β-unsaturated/α-hetero) is 1. The average molecular weight is 70.1 g/mol. The zero-order valence-electron chi connectivity index (χ0n) is 3.19. The lowest BCUT2D eigenvalue weighted by molar-refractivity contribution is -0.114. The van der Waals surface area contributed by atoms with Crippen LogP contribution in [0.4, 0.5) is 0 Å². The zero-order chi connectivity index (χ0) is 4.28. The topological polar surface area (TPSA) is 17.1 Å². The van der Waals surface area contributed by atoms with Crippen molar-refractivity contribution in [2.45, 2.75) is 13.3 Å². The Morgan fingerprint density at radius 1 is 2.00 bits per heavy atom. The molecule has 0 aliphatic rings. The third kappa shape index (κ3) is 3.67. The maximum atomic E-state index is 9.59. The molecule has 1 heteroatoms. The van der Waals surface area contributed by atoms with Gasteiger partial charge in [0.25, 0.3) is 0 Å². The van der Waals surface area contributed by atoms with Crippen LogP contribution in [0.2, 0.25) is 0 Å². The first-order chi connectivity index (χ1) is 2.27. The van der Waals surface area contributed by atoms with Crippen molar-refractivity contribution in [3.8, 4) is 0 Å². The Hall–Kier alpha value is -0.330. The standard InChI is InChI=1S/C4H6O/c1-3-4(2)5/h2H,3H2,1H3. The van der Waals surface area contributed by atoms with Gasteiger partial charge in [-0.2, -0.15) is 0 Å². The van der Waals surface area contributed by atoms with Gasteiger partial charge in [0.05, 0.1) is 0 Å². The Labute approximate surface area is 32.0 Å². The first-order valence-corrected chi connectivity index (χ1v) is 1.55. The summed E-state index contributed by atoms with van der Waals surface area (Å²) in [6, 6.07) is 0. The second-order valence-corrected chi connectivity index (χ2v) is 0.820. The minimum Gasteiger partial charge on any atom is -0.299 e. The second-order valence-electron chi connectivity index (χ2n) is 0.820. The number of hydrogen-bond donors (Lipinski definition) is 0. The van der Waals surface area contributed by atoms with Crippen LogP contribution >= 0.6 is 0 Å². The van der Waals surface area contributed by atoms with Crippen LogP contribution in [0.3, 0.4) is 0 Å². The van der Waals surface area contributed by atoms with Gasteiger partial charge in [0.2, 0.25) is 0 Å². The van der Waals surface area contributed by atoms with Crippen molar-refractivity contribution in [1.82, 2.24) is 0 Å². The van der Waals surface area contributed by atoms with Crippen LogP contribution in [-0.4, -0.2) is 5.78 Å². The molecule has 0 aromatic heterocycles. The monoisotopic (exact) mass is 70.0 g/mol. The molecule has 0 heterocycles. The van der Waals surface area contributed by atoms with Crippen LogP contribution in [0.1, 0.15) is 13.3 Å². The van der Waals surface area contributed by atoms with E-state index in [0.29, 0.717) is 6.42 Å². The van der Waals surface area contributed by atoms with Crippen molar-refractivity contribution in [3.05, 3.63) is 6.92 Å². The fourth-order valence-corrected chi connectivity index (χ4v) is 0. The van der Waals surface area contributed by atoms with Gasteiger partial charge in [0, 0.05) is 13.3 Å². The van der Waals surface area contributed by atoms with Crippen LogP contribution in [0.15, 0.2) is 0 Å². The largest absolute Gasteiger partial charge is 0.299 e. The summed E-state index contributed by atoms with van der Waals surface area (Å²) < 4.78 is 0. The lowest BCUT2D eigenvalue weighted by Gasteiger charge is -1.70. The third-order valence-electron chi connectivity index (χ3n) is 0.348. The molecule has 0 aromatic carbocycles. The summed E-state index contributed by atoms with van der Waals surface area (Å²) in [6.45, 7) is 6.38. The molecule has 28 valence electrons. The third-order valence-corrected chi connectivity index (χ3v) is 0.348. The molecule has 0 aliphatic heterocycles. The Balaban J connectivity index is 2.85. The van der Waals surface area contributed by atoms with E-state index in [1.807, 2.05) is 0 Å². The summed E-state index contributed by atoms with van der Waals surface area (Å²) in [6.07, 6.45) is 0.444. The van der Waals surface area contributed by atoms with Gasteiger partial charge < -0.3 is 0 Å². The van der Waals surface area contributed by atoms with Gasteiger partial charge in [0.15, 0.2) is 0 Å². The number of carbonyl (C=O) groups excluding carboxylic acids is 1. The van der Waals surface area contributed by atoms with Crippen molar-refractivity contribution in [3.63, 3.8) is 0 Å². The molecule has 0 fully saturated rings. The van der Waals surface area contributed by atoms with Crippen molar-refractivity contribution < 1.29 is 4.79 Å². The fraction of sp³-hybridized carbons (Fsp3) is 0.500. The Kier molecular flexibility index (Phi) is 1.81. The summed E-state index contributed by atoms with van der Waals surface area (Å²) in [5, 5.41) is 0. The van der Waals surface area contributed by atoms with Crippen molar-refractivity contribution in [1.29, 1.82) is 0 Å². The molecule has 0 N–H and O–H groups in total. The van der Waals surface area contributed by atoms with Crippen LogP contribution in [-0.2, 0) is 4.79 Å². The molecule has 5 heavy (non-hydrogen) atoms. The Morgan fingerprint density at radius 2 is 2.20 bits per heavy atom. The summed E-state index contributed by atoms with van der Waals surface area (Å²) in [7, 11) is 0. The van der Waals surface area contributed by atoms with E-state index < -0.39 is 0 Å². The van der Waals surface area contributed by atoms with E-state index in [0.717, 1.165) is 0 Å². The predicted molar refractivity (Wildman–Crippen MR) is 19.6 cm³/mol. The molecule has 1 nitrogen and oxygen atoms in total.